The first kappa shape index (κ1) is 14.1. The van der Waals surface area contributed by atoms with Crippen molar-refractivity contribution >= 4 is 28.1 Å². The maximum absolute atomic E-state index is 12.4. The van der Waals surface area contributed by atoms with Crippen LogP contribution in [0.2, 0.25) is 5.02 Å². The first-order valence-electron chi connectivity index (χ1n) is 5.82. The molecule has 1 atom stereocenters. The molecule has 0 aliphatic heterocycles. The summed E-state index contributed by atoms with van der Waals surface area (Å²) in [6.07, 6.45) is 0. The van der Waals surface area contributed by atoms with Gasteiger partial charge in [0.05, 0.1) is 37.9 Å². The van der Waals surface area contributed by atoms with Crippen molar-refractivity contribution in [3.8, 4) is 0 Å². The highest BCUT2D eigenvalue weighted by molar-refractivity contribution is 7.84. The molecule has 0 spiro atoms. The molecule has 6 heteroatoms. The molecule has 1 aromatic carbocycles. The summed E-state index contributed by atoms with van der Waals surface area (Å²) in [4.78, 5) is 0.648. The minimum absolute atomic E-state index is 0.309. The summed E-state index contributed by atoms with van der Waals surface area (Å²) in [6.45, 7) is 3.77. The van der Waals surface area contributed by atoms with Gasteiger partial charge in [-0.15, -0.1) is 0 Å². The standard InChI is InChI=1S/C13H16ClN3OS/c1-8-4-5-10(15)12(6-8)19(18)7-11-13(14)9(2)16-17(11)3/h4-6H,7,15H2,1-3H3. The number of aromatic nitrogens is 2. The van der Waals surface area contributed by atoms with Gasteiger partial charge in [0.2, 0.25) is 0 Å². The van der Waals surface area contributed by atoms with Crippen LogP contribution in [0.15, 0.2) is 23.1 Å². The van der Waals surface area contributed by atoms with Crippen molar-refractivity contribution in [2.75, 3.05) is 5.73 Å². The van der Waals surface area contributed by atoms with Crippen molar-refractivity contribution in [1.29, 1.82) is 0 Å². The second-order valence-electron chi connectivity index (χ2n) is 4.50. The number of nitrogen functional groups attached to an aromatic ring is 1. The van der Waals surface area contributed by atoms with E-state index in [9.17, 15) is 4.21 Å². The molecule has 4 nitrogen and oxygen atoms in total. The summed E-state index contributed by atoms with van der Waals surface area (Å²) in [5.41, 5.74) is 8.96. The van der Waals surface area contributed by atoms with E-state index in [0.29, 0.717) is 21.4 Å². The van der Waals surface area contributed by atoms with E-state index in [1.807, 2.05) is 26.0 Å². The van der Waals surface area contributed by atoms with Crippen LogP contribution in [-0.2, 0) is 23.6 Å². The molecular formula is C13H16ClN3OS. The Hall–Kier alpha value is -1.33. The zero-order chi connectivity index (χ0) is 14.2. The summed E-state index contributed by atoms with van der Waals surface area (Å²) >= 11 is 6.17. The molecule has 0 saturated heterocycles. The molecule has 1 aromatic heterocycles. The molecule has 0 radical (unpaired) electrons. The van der Waals surface area contributed by atoms with E-state index in [1.165, 1.54) is 0 Å². The van der Waals surface area contributed by atoms with Gasteiger partial charge in [0.15, 0.2) is 0 Å². The summed E-state index contributed by atoms with van der Waals surface area (Å²) in [5.74, 6) is 0.309. The number of rotatable bonds is 3. The largest absolute Gasteiger partial charge is 0.398 e. The predicted octanol–water partition coefficient (Wildman–Crippen LogP) is 2.58. The van der Waals surface area contributed by atoms with Crippen LogP contribution in [0.25, 0.3) is 0 Å². The maximum atomic E-state index is 12.4. The quantitative estimate of drug-likeness (QED) is 0.886. The fourth-order valence-electron chi connectivity index (χ4n) is 1.88. The van der Waals surface area contributed by atoms with Gasteiger partial charge in [-0.05, 0) is 31.5 Å². The molecule has 0 aliphatic carbocycles. The predicted molar refractivity (Wildman–Crippen MR) is 78.7 cm³/mol. The molecule has 0 fully saturated rings. The highest BCUT2D eigenvalue weighted by atomic mass is 35.5. The van der Waals surface area contributed by atoms with Crippen molar-refractivity contribution < 1.29 is 4.21 Å². The molecule has 0 aliphatic rings. The normalized spacial score (nSPS) is 12.6. The van der Waals surface area contributed by atoms with Gasteiger partial charge in [-0.1, -0.05) is 17.7 Å². The van der Waals surface area contributed by atoms with Crippen LogP contribution in [0.1, 0.15) is 17.0 Å². The maximum Gasteiger partial charge on any atom is 0.0856 e. The van der Waals surface area contributed by atoms with Crippen LogP contribution in [0, 0.1) is 13.8 Å². The third-order valence-corrected chi connectivity index (χ3v) is 4.82. The Kier molecular flexibility index (Phi) is 3.96. The SMILES string of the molecule is Cc1ccc(N)c(S(=O)Cc2c(Cl)c(C)nn2C)c1. The number of nitrogens with zero attached hydrogens (tertiary/aromatic N) is 2. The lowest BCUT2D eigenvalue weighted by Crippen LogP contribution is -2.05. The van der Waals surface area contributed by atoms with Crippen LogP contribution < -0.4 is 5.73 Å². The number of hydrogen-bond acceptors (Lipinski definition) is 3. The molecule has 1 heterocycles. The van der Waals surface area contributed by atoms with E-state index in [2.05, 4.69) is 5.10 Å². The van der Waals surface area contributed by atoms with Crippen molar-refractivity contribution in [3.05, 3.63) is 40.2 Å². The molecular weight excluding hydrogens is 282 g/mol. The number of aryl methyl sites for hydroxylation is 3. The lowest BCUT2D eigenvalue weighted by molar-refractivity contribution is 0.676. The number of benzene rings is 1. The fraction of sp³-hybridized carbons (Fsp3) is 0.308. The van der Waals surface area contributed by atoms with Gasteiger partial charge in [-0.25, -0.2) is 0 Å². The smallest absolute Gasteiger partial charge is 0.0856 e. The van der Waals surface area contributed by atoms with Crippen molar-refractivity contribution in [1.82, 2.24) is 9.78 Å². The first-order valence-corrected chi connectivity index (χ1v) is 7.52. The van der Waals surface area contributed by atoms with Crippen LogP contribution in [0.3, 0.4) is 0 Å². The first-order chi connectivity index (χ1) is 8.90. The van der Waals surface area contributed by atoms with Gasteiger partial charge in [-0.3, -0.25) is 8.89 Å². The third kappa shape index (κ3) is 2.82. The van der Waals surface area contributed by atoms with Crippen LogP contribution >= 0.6 is 11.6 Å². The molecule has 2 rings (SSSR count). The molecule has 0 saturated carbocycles. The molecule has 0 amide bonds. The minimum Gasteiger partial charge on any atom is -0.398 e. The zero-order valence-electron chi connectivity index (χ0n) is 11.1. The van der Waals surface area contributed by atoms with Crippen molar-refractivity contribution in [2.24, 2.45) is 7.05 Å². The summed E-state index contributed by atoms with van der Waals surface area (Å²) in [7, 11) is 0.563. The van der Waals surface area contributed by atoms with E-state index in [-0.39, 0.29) is 0 Å². The van der Waals surface area contributed by atoms with E-state index >= 15 is 0 Å². The van der Waals surface area contributed by atoms with Gasteiger partial charge >= 0.3 is 0 Å². The second kappa shape index (κ2) is 5.35. The van der Waals surface area contributed by atoms with E-state index < -0.39 is 10.8 Å². The summed E-state index contributed by atoms with van der Waals surface area (Å²) in [5, 5.41) is 4.79. The molecule has 2 N–H and O–H groups in total. The number of nitrogens with two attached hydrogens (primary N) is 1. The minimum atomic E-state index is -1.23. The Morgan fingerprint density at radius 2 is 2.11 bits per heavy atom. The average molecular weight is 298 g/mol. The lowest BCUT2D eigenvalue weighted by Gasteiger charge is -2.07. The monoisotopic (exact) mass is 297 g/mol. The highest BCUT2D eigenvalue weighted by Gasteiger charge is 2.16. The second-order valence-corrected chi connectivity index (χ2v) is 6.30. The average Bonchev–Trinajstić information content (AvgIpc) is 2.59. The molecule has 0 bridgehead atoms. The molecule has 1 unspecified atom stereocenters. The van der Waals surface area contributed by atoms with Gasteiger partial charge in [-0.2, -0.15) is 5.10 Å². The number of anilines is 1. The van der Waals surface area contributed by atoms with Gasteiger partial charge in [0.25, 0.3) is 0 Å². The highest BCUT2D eigenvalue weighted by Crippen LogP contribution is 2.25. The number of halogens is 1. The Labute approximate surface area is 120 Å². The van der Waals surface area contributed by atoms with Gasteiger partial charge in [0.1, 0.15) is 0 Å². The van der Waals surface area contributed by atoms with Crippen LogP contribution in [0.5, 0.6) is 0 Å². The summed E-state index contributed by atoms with van der Waals surface area (Å²) in [6, 6.07) is 5.53. The van der Waals surface area contributed by atoms with Gasteiger partial charge < -0.3 is 5.73 Å². The Morgan fingerprint density at radius 3 is 2.68 bits per heavy atom. The van der Waals surface area contributed by atoms with Gasteiger partial charge in [0, 0.05) is 12.7 Å². The molecule has 102 valence electrons. The van der Waals surface area contributed by atoms with E-state index in [1.54, 1.807) is 17.8 Å². The van der Waals surface area contributed by atoms with E-state index in [0.717, 1.165) is 17.0 Å². The zero-order valence-corrected chi connectivity index (χ0v) is 12.7. The van der Waals surface area contributed by atoms with Crippen molar-refractivity contribution in [2.45, 2.75) is 24.5 Å². The Bertz CT molecular complexity index is 652. The Morgan fingerprint density at radius 1 is 1.42 bits per heavy atom. The van der Waals surface area contributed by atoms with Crippen LogP contribution in [-0.4, -0.2) is 14.0 Å². The van der Waals surface area contributed by atoms with Crippen molar-refractivity contribution in [3.63, 3.8) is 0 Å². The third-order valence-electron chi connectivity index (χ3n) is 2.94. The molecule has 2 aromatic rings. The number of hydrogen-bond donors (Lipinski definition) is 1. The van der Waals surface area contributed by atoms with Crippen LogP contribution in [0.4, 0.5) is 5.69 Å². The fourth-order valence-corrected chi connectivity index (χ4v) is 3.57. The lowest BCUT2D eigenvalue weighted by atomic mass is 10.2. The Balaban J connectivity index is 2.33. The molecule has 19 heavy (non-hydrogen) atoms. The van der Waals surface area contributed by atoms with E-state index in [4.69, 9.17) is 17.3 Å². The topological polar surface area (TPSA) is 60.9 Å². The summed E-state index contributed by atoms with van der Waals surface area (Å²) < 4.78 is 14.1.